The van der Waals surface area contributed by atoms with Crippen LogP contribution in [0.3, 0.4) is 0 Å². The Balaban J connectivity index is 2.01. The second kappa shape index (κ2) is 12.1. The van der Waals surface area contributed by atoms with E-state index in [0.717, 1.165) is 0 Å². The maximum atomic E-state index is 5.87. The summed E-state index contributed by atoms with van der Waals surface area (Å²) in [6, 6.07) is 6.67. The van der Waals surface area contributed by atoms with Gasteiger partial charge in [0.15, 0.2) is 0 Å². The molecule has 0 amide bonds. The van der Waals surface area contributed by atoms with Crippen LogP contribution in [0.25, 0.3) is 0 Å². The van der Waals surface area contributed by atoms with Crippen LogP contribution >= 0.6 is 11.6 Å². The summed E-state index contributed by atoms with van der Waals surface area (Å²) in [6.45, 7) is 4.49. The topological polar surface area (TPSA) is 0 Å². The predicted octanol–water partition coefficient (Wildman–Crippen LogP) is 7.20. The summed E-state index contributed by atoms with van der Waals surface area (Å²) in [7, 11) is 0. The highest BCUT2D eigenvalue weighted by atomic mass is 35.5. The Hall–Kier alpha value is -0.490. The number of unbranched alkanes of at least 4 members (excludes halogenated alkanes) is 9. The molecule has 0 saturated heterocycles. The van der Waals surface area contributed by atoms with Crippen LogP contribution in [0.2, 0.25) is 0 Å². The fourth-order valence-corrected chi connectivity index (χ4v) is 3.09. The van der Waals surface area contributed by atoms with E-state index >= 15 is 0 Å². The lowest BCUT2D eigenvalue weighted by Gasteiger charge is -2.07. The first-order valence-corrected chi connectivity index (χ1v) is 9.45. The van der Waals surface area contributed by atoms with E-state index in [1.54, 1.807) is 0 Å². The molecule has 0 bridgehead atoms. The zero-order chi connectivity index (χ0) is 15.3. The van der Waals surface area contributed by atoms with Crippen LogP contribution in [-0.4, -0.2) is 0 Å². The first-order chi connectivity index (χ1) is 10.3. The molecule has 1 heteroatoms. The van der Waals surface area contributed by atoms with E-state index in [1.807, 2.05) is 0 Å². The van der Waals surface area contributed by atoms with Crippen molar-refractivity contribution in [2.45, 2.75) is 90.4 Å². The number of hydrogen-bond acceptors (Lipinski definition) is 0. The van der Waals surface area contributed by atoms with E-state index in [2.05, 4.69) is 32.0 Å². The average molecular weight is 309 g/mol. The van der Waals surface area contributed by atoms with Crippen LogP contribution in [0.4, 0.5) is 0 Å². The van der Waals surface area contributed by atoms with Gasteiger partial charge in [-0.05, 0) is 36.5 Å². The maximum Gasteiger partial charge on any atom is 0.0474 e. The highest BCUT2D eigenvalue weighted by Crippen LogP contribution is 2.17. The fourth-order valence-electron chi connectivity index (χ4n) is 2.92. The van der Waals surface area contributed by atoms with Gasteiger partial charge in [0.2, 0.25) is 0 Å². The molecule has 21 heavy (non-hydrogen) atoms. The van der Waals surface area contributed by atoms with Crippen molar-refractivity contribution in [3.63, 3.8) is 0 Å². The molecule has 0 fully saturated rings. The molecule has 0 aliphatic rings. The van der Waals surface area contributed by atoms with Gasteiger partial charge in [-0.25, -0.2) is 0 Å². The lowest BCUT2D eigenvalue weighted by molar-refractivity contribution is 0.556. The predicted molar refractivity (Wildman–Crippen MR) is 96.3 cm³/mol. The van der Waals surface area contributed by atoms with E-state index in [9.17, 15) is 0 Å². The van der Waals surface area contributed by atoms with Crippen molar-refractivity contribution in [3.8, 4) is 0 Å². The minimum atomic E-state index is 0.624. The van der Waals surface area contributed by atoms with Crippen molar-refractivity contribution >= 4 is 11.6 Å². The van der Waals surface area contributed by atoms with Gasteiger partial charge in [-0.1, -0.05) is 82.9 Å². The summed E-state index contributed by atoms with van der Waals surface area (Å²) in [5.41, 5.74) is 4.15. The monoisotopic (exact) mass is 308 g/mol. The lowest BCUT2D eigenvalue weighted by Crippen LogP contribution is -1.92. The zero-order valence-corrected chi connectivity index (χ0v) is 14.9. The first-order valence-electron chi connectivity index (χ1n) is 8.92. The molecule has 1 aromatic rings. The van der Waals surface area contributed by atoms with Crippen molar-refractivity contribution in [1.29, 1.82) is 0 Å². The largest absolute Gasteiger partial charge is 0.122 e. The molecule has 0 aromatic heterocycles. The van der Waals surface area contributed by atoms with Crippen LogP contribution < -0.4 is 0 Å². The van der Waals surface area contributed by atoms with Crippen LogP contribution in [0.5, 0.6) is 0 Å². The third-order valence-electron chi connectivity index (χ3n) is 4.36. The molecule has 1 aromatic carbocycles. The van der Waals surface area contributed by atoms with Gasteiger partial charge >= 0.3 is 0 Å². The number of hydrogen-bond donors (Lipinski definition) is 0. The molecule has 0 radical (unpaired) electrons. The Morgan fingerprint density at radius 2 is 1.38 bits per heavy atom. The van der Waals surface area contributed by atoms with Crippen molar-refractivity contribution in [1.82, 2.24) is 0 Å². The lowest BCUT2D eigenvalue weighted by atomic mass is 9.99. The third kappa shape index (κ3) is 8.51. The number of aryl methyl sites for hydroxylation is 2. The van der Waals surface area contributed by atoms with E-state index in [4.69, 9.17) is 11.6 Å². The van der Waals surface area contributed by atoms with Crippen LogP contribution in [0, 0.1) is 6.92 Å². The summed E-state index contributed by atoms with van der Waals surface area (Å²) in [4.78, 5) is 0. The van der Waals surface area contributed by atoms with Gasteiger partial charge < -0.3 is 0 Å². The SMILES string of the molecule is CCCCCCCCCCCCc1ccc(CCl)cc1C. The van der Waals surface area contributed by atoms with Crippen LogP contribution in [0.15, 0.2) is 18.2 Å². The summed E-state index contributed by atoms with van der Waals surface area (Å²) in [5, 5.41) is 0. The fraction of sp³-hybridized carbons (Fsp3) is 0.700. The Kier molecular flexibility index (Phi) is 10.7. The van der Waals surface area contributed by atoms with Crippen molar-refractivity contribution < 1.29 is 0 Å². The van der Waals surface area contributed by atoms with Gasteiger partial charge in [0.25, 0.3) is 0 Å². The van der Waals surface area contributed by atoms with Crippen molar-refractivity contribution in [3.05, 3.63) is 34.9 Å². The minimum Gasteiger partial charge on any atom is -0.122 e. The summed E-state index contributed by atoms with van der Waals surface area (Å²) >= 11 is 5.87. The third-order valence-corrected chi connectivity index (χ3v) is 4.67. The van der Waals surface area contributed by atoms with Crippen molar-refractivity contribution in [2.75, 3.05) is 0 Å². The maximum absolute atomic E-state index is 5.87. The van der Waals surface area contributed by atoms with Crippen LogP contribution in [0.1, 0.15) is 87.8 Å². The molecule has 0 nitrogen and oxygen atoms in total. The molecule has 0 aliphatic heterocycles. The molecule has 0 atom stereocenters. The second-order valence-electron chi connectivity index (χ2n) is 6.33. The highest BCUT2D eigenvalue weighted by molar-refractivity contribution is 6.17. The number of alkyl halides is 1. The van der Waals surface area contributed by atoms with Crippen LogP contribution in [-0.2, 0) is 12.3 Å². The Labute approximate surface area is 137 Å². The normalized spacial score (nSPS) is 11.0. The number of benzene rings is 1. The van der Waals surface area contributed by atoms with E-state index in [-0.39, 0.29) is 0 Å². The molecule has 0 N–H and O–H groups in total. The van der Waals surface area contributed by atoms with E-state index in [1.165, 1.54) is 87.3 Å². The molecule has 0 spiro atoms. The molecule has 1 rings (SSSR count). The molecular formula is C20H33Cl. The zero-order valence-electron chi connectivity index (χ0n) is 14.1. The van der Waals surface area contributed by atoms with Gasteiger partial charge in [-0.15, -0.1) is 11.6 Å². The summed E-state index contributed by atoms with van der Waals surface area (Å²) in [5.74, 6) is 0.624. The molecular weight excluding hydrogens is 276 g/mol. The molecule has 0 unspecified atom stereocenters. The molecule has 0 aliphatic carbocycles. The summed E-state index contributed by atoms with van der Waals surface area (Å²) in [6.07, 6.45) is 15.3. The quantitative estimate of drug-likeness (QED) is 0.283. The second-order valence-corrected chi connectivity index (χ2v) is 6.59. The first kappa shape index (κ1) is 18.6. The Bertz CT molecular complexity index is 370. The Morgan fingerprint density at radius 3 is 1.90 bits per heavy atom. The molecule has 0 saturated carbocycles. The smallest absolute Gasteiger partial charge is 0.0474 e. The molecule has 0 heterocycles. The average Bonchev–Trinajstić information content (AvgIpc) is 2.50. The number of rotatable bonds is 12. The van der Waals surface area contributed by atoms with Gasteiger partial charge in [0.05, 0.1) is 0 Å². The standard InChI is InChI=1S/C20H33Cl/c1-3-4-5-6-7-8-9-10-11-12-13-20-15-14-19(17-21)16-18(20)2/h14-16H,3-13,17H2,1-2H3. The van der Waals surface area contributed by atoms with E-state index in [0.29, 0.717) is 5.88 Å². The Morgan fingerprint density at radius 1 is 0.810 bits per heavy atom. The highest BCUT2D eigenvalue weighted by Gasteiger charge is 2.00. The van der Waals surface area contributed by atoms with Gasteiger partial charge in [0.1, 0.15) is 0 Å². The van der Waals surface area contributed by atoms with Crippen molar-refractivity contribution in [2.24, 2.45) is 0 Å². The number of halogens is 1. The van der Waals surface area contributed by atoms with Gasteiger partial charge in [-0.3, -0.25) is 0 Å². The minimum absolute atomic E-state index is 0.624. The summed E-state index contributed by atoms with van der Waals surface area (Å²) < 4.78 is 0. The molecule has 120 valence electrons. The van der Waals surface area contributed by atoms with E-state index < -0.39 is 0 Å². The van der Waals surface area contributed by atoms with Gasteiger partial charge in [-0.2, -0.15) is 0 Å². The van der Waals surface area contributed by atoms with Gasteiger partial charge in [0, 0.05) is 5.88 Å².